The quantitative estimate of drug-likeness (QED) is 0.888. The molecule has 0 spiro atoms. The van der Waals surface area contributed by atoms with E-state index in [1.165, 1.54) is 30.3 Å². The van der Waals surface area contributed by atoms with Crippen LogP contribution < -0.4 is 5.32 Å². The minimum Gasteiger partial charge on any atom is -0.477 e. The summed E-state index contributed by atoms with van der Waals surface area (Å²) >= 11 is 3.05. The number of rotatable bonds is 3. The van der Waals surface area contributed by atoms with Gasteiger partial charge in [-0.15, -0.1) is 0 Å². The van der Waals surface area contributed by atoms with Crippen molar-refractivity contribution >= 4 is 33.5 Å². The van der Waals surface area contributed by atoms with Crippen LogP contribution in [0.4, 0.5) is 10.1 Å². The number of nitrogens with zero attached hydrogens (tertiary/aromatic N) is 1. The third kappa shape index (κ3) is 3.43. The zero-order valence-electron chi connectivity index (χ0n) is 10.9. The van der Waals surface area contributed by atoms with E-state index in [1.54, 1.807) is 6.92 Å². The number of carboxylic acids is 1. The Kier molecular flexibility index (Phi) is 4.32. The molecule has 0 saturated carbocycles. The highest BCUT2D eigenvalue weighted by Crippen LogP contribution is 2.24. The number of hydrogen-bond acceptors (Lipinski definition) is 3. The van der Waals surface area contributed by atoms with Crippen LogP contribution >= 0.6 is 15.9 Å². The lowest BCUT2D eigenvalue weighted by molar-refractivity contribution is 0.0690. The predicted molar refractivity (Wildman–Crippen MR) is 78.0 cm³/mol. The molecule has 1 aromatic carbocycles. The number of anilines is 1. The van der Waals surface area contributed by atoms with E-state index in [1.807, 2.05) is 0 Å². The third-order valence-electron chi connectivity index (χ3n) is 2.72. The smallest absolute Gasteiger partial charge is 0.354 e. The Morgan fingerprint density at radius 1 is 1.29 bits per heavy atom. The van der Waals surface area contributed by atoms with Crippen LogP contribution in [0.25, 0.3) is 0 Å². The van der Waals surface area contributed by atoms with Gasteiger partial charge in [0.25, 0.3) is 5.91 Å². The van der Waals surface area contributed by atoms with Crippen LogP contribution in [0, 0.1) is 12.7 Å². The third-order valence-corrected chi connectivity index (χ3v) is 3.32. The van der Waals surface area contributed by atoms with Crippen LogP contribution in [-0.2, 0) is 0 Å². The van der Waals surface area contributed by atoms with Gasteiger partial charge in [0, 0.05) is 5.69 Å². The van der Waals surface area contributed by atoms with E-state index in [-0.39, 0.29) is 11.4 Å². The van der Waals surface area contributed by atoms with E-state index < -0.39 is 17.7 Å². The number of aromatic nitrogens is 1. The lowest BCUT2D eigenvalue weighted by atomic mass is 10.2. The monoisotopic (exact) mass is 352 g/mol. The van der Waals surface area contributed by atoms with Crippen molar-refractivity contribution in [1.29, 1.82) is 0 Å². The minimum atomic E-state index is -1.23. The van der Waals surface area contributed by atoms with Crippen molar-refractivity contribution in [2.75, 3.05) is 5.32 Å². The lowest BCUT2D eigenvalue weighted by Gasteiger charge is -2.09. The molecule has 0 aliphatic heterocycles. The molecule has 7 heteroatoms. The predicted octanol–water partition coefficient (Wildman–Crippen LogP) is 3.24. The number of carbonyl (C=O) groups excluding carboxylic acids is 1. The first-order chi connectivity index (χ1) is 9.88. The summed E-state index contributed by atoms with van der Waals surface area (Å²) in [6, 6.07) is 6.79. The second-order valence-corrected chi connectivity index (χ2v) is 5.10. The summed E-state index contributed by atoms with van der Waals surface area (Å²) in [6.07, 6.45) is 0. The zero-order chi connectivity index (χ0) is 15.6. The first-order valence-electron chi connectivity index (χ1n) is 5.86. The van der Waals surface area contributed by atoms with Crippen LogP contribution in [0.15, 0.2) is 34.8 Å². The van der Waals surface area contributed by atoms with Crippen LogP contribution in [0.1, 0.15) is 26.5 Å². The van der Waals surface area contributed by atoms with E-state index in [2.05, 4.69) is 26.2 Å². The lowest BCUT2D eigenvalue weighted by Crippen LogP contribution is -2.16. The molecule has 108 valence electrons. The highest BCUT2D eigenvalue weighted by atomic mass is 79.9. The minimum absolute atomic E-state index is 0.0578. The molecule has 2 rings (SSSR count). The molecular formula is C14H10BrFN2O3. The molecule has 21 heavy (non-hydrogen) atoms. The normalized spacial score (nSPS) is 10.2. The van der Waals surface area contributed by atoms with Crippen molar-refractivity contribution in [3.05, 3.63) is 57.6 Å². The second kappa shape index (κ2) is 6.01. The van der Waals surface area contributed by atoms with E-state index in [4.69, 9.17) is 5.11 Å². The molecule has 0 bridgehead atoms. The second-order valence-electron chi connectivity index (χ2n) is 4.25. The average Bonchev–Trinajstić information content (AvgIpc) is 2.44. The van der Waals surface area contributed by atoms with Crippen molar-refractivity contribution in [1.82, 2.24) is 4.98 Å². The summed E-state index contributed by atoms with van der Waals surface area (Å²) in [4.78, 5) is 26.6. The summed E-state index contributed by atoms with van der Waals surface area (Å²) in [5, 5.41) is 11.3. The summed E-state index contributed by atoms with van der Waals surface area (Å²) in [5.74, 6) is -2.35. The number of halogens is 2. The molecule has 1 aromatic heterocycles. The van der Waals surface area contributed by atoms with Crippen LogP contribution in [0.3, 0.4) is 0 Å². The number of hydrogen-bond donors (Lipinski definition) is 2. The zero-order valence-corrected chi connectivity index (χ0v) is 12.4. The van der Waals surface area contributed by atoms with Gasteiger partial charge in [-0.3, -0.25) is 4.79 Å². The molecule has 0 fully saturated rings. The fourth-order valence-electron chi connectivity index (χ4n) is 1.65. The molecule has 1 heterocycles. The number of pyridine rings is 1. The fourth-order valence-corrected chi connectivity index (χ4v) is 2.11. The van der Waals surface area contributed by atoms with Gasteiger partial charge in [-0.1, -0.05) is 6.07 Å². The molecule has 0 aliphatic carbocycles. The SMILES string of the molecule is Cc1cc(Br)c(F)cc1NC(=O)c1cccc(C(=O)O)n1. The van der Waals surface area contributed by atoms with E-state index >= 15 is 0 Å². The van der Waals surface area contributed by atoms with Gasteiger partial charge >= 0.3 is 5.97 Å². The van der Waals surface area contributed by atoms with Crippen LogP contribution in [0.2, 0.25) is 0 Å². The van der Waals surface area contributed by atoms with Crippen molar-refractivity contribution < 1.29 is 19.1 Å². The molecule has 0 saturated heterocycles. The van der Waals surface area contributed by atoms with Gasteiger partial charge in [0.2, 0.25) is 0 Å². The molecule has 1 amide bonds. The van der Waals surface area contributed by atoms with Gasteiger partial charge in [0.05, 0.1) is 4.47 Å². The number of aromatic carboxylic acids is 1. The molecule has 5 nitrogen and oxygen atoms in total. The van der Waals surface area contributed by atoms with E-state index in [0.717, 1.165) is 0 Å². The van der Waals surface area contributed by atoms with Gasteiger partial charge in [-0.25, -0.2) is 14.2 Å². The van der Waals surface area contributed by atoms with Gasteiger partial charge < -0.3 is 10.4 Å². The maximum Gasteiger partial charge on any atom is 0.354 e. The van der Waals surface area contributed by atoms with Crippen molar-refractivity contribution in [3.8, 4) is 0 Å². The van der Waals surface area contributed by atoms with Crippen LogP contribution in [-0.4, -0.2) is 22.0 Å². The molecule has 0 unspecified atom stereocenters. The largest absolute Gasteiger partial charge is 0.477 e. The fraction of sp³-hybridized carbons (Fsp3) is 0.0714. The molecule has 2 aromatic rings. The van der Waals surface area contributed by atoms with Crippen molar-refractivity contribution in [2.45, 2.75) is 6.92 Å². The Morgan fingerprint density at radius 3 is 2.62 bits per heavy atom. The molecule has 2 N–H and O–H groups in total. The highest BCUT2D eigenvalue weighted by molar-refractivity contribution is 9.10. The first-order valence-corrected chi connectivity index (χ1v) is 6.65. The molecule has 0 radical (unpaired) electrons. The van der Waals surface area contributed by atoms with Gasteiger partial charge in [0.15, 0.2) is 0 Å². The molecule has 0 atom stereocenters. The number of nitrogens with one attached hydrogen (secondary N) is 1. The Labute approximate surface area is 128 Å². The standard InChI is InChI=1S/C14H10BrFN2O3/c1-7-5-8(15)9(16)6-12(7)18-13(19)10-3-2-4-11(17-10)14(20)21/h2-6H,1H3,(H,18,19)(H,20,21). The molecular weight excluding hydrogens is 343 g/mol. The number of carbonyl (C=O) groups is 2. The maximum atomic E-state index is 13.5. The van der Waals surface area contributed by atoms with Gasteiger partial charge in [0.1, 0.15) is 17.2 Å². The Hall–Kier alpha value is -2.28. The number of benzene rings is 1. The summed E-state index contributed by atoms with van der Waals surface area (Å²) < 4.78 is 13.8. The topological polar surface area (TPSA) is 79.3 Å². The van der Waals surface area contributed by atoms with E-state index in [9.17, 15) is 14.0 Å². The van der Waals surface area contributed by atoms with Crippen LogP contribution in [0.5, 0.6) is 0 Å². The number of carboxylic acid groups (broad SMARTS) is 1. The average molecular weight is 353 g/mol. The van der Waals surface area contributed by atoms with E-state index in [0.29, 0.717) is 15.7 Å². The summed E-state index contributed by atoms with van der Waals surface area (Å²) in [6.45, 7) is 1.71. The Bertz CT molecular complexity index is 734. The maximum absolute atomic E-state index is 13.5. The Balaban J connectivity index is 2.28. The summed E-state index contributed by atoms with van der Waals surface area (Å²) in [5.41, 5.74) is 0.660. The summed E-state index contributed by atoms with van der Waals surface area (Å²) in [7, 11) is 0. The first kappa shape index (κ1) is 15.1. The highest BCUT2D eigenvalue weighted by Gasteiger charge is 2.13. The van der Waals surface area contributed by atoms with Crippen molar-refractivity contribution in [2.24, 2.45) is 0 Å². The number of amides is 1. The molecule has 0 aliphatic rings. The van der Waals surface area contributed by atoms with Gasteiger partial charge in [-0.05, 0) is 52.7 Å². The Morgan fingerprint density at radius 2 is 1.95 bits per heavy atom. The number of aryl methyl sites for hydroxylation is 1. The van der Waals surface area contributed by atoms with Crippen molar-refractivity contribution in [3.63, 3.8) is 0 Å². The van der Waals surface area contributed by atoms with Gasteiger partial charge in [-0.2, -0.15) is 0 Å².